The molecule has 1 heterocycles. The van der Waals surface area contributed by atoms with Crippen molar-refractivity contribution in [1.29, 1.82) is 0 Å². The van der Waals surface area contributed by atoms with Crippen LogP contribution in [-0.2, 0) is 0 Å². The Morgan fingerprint density at radius 2 is 1.95 bits per heavy atom. The molecule has 0 saturated carbocycles. The third kappa shape index (κ3) is 4.22. The molecule has 1 aromatic rings. The molecule has 0 radical (unpaired) electrons. The van der Waals surface area contributed by atoms with Crippen LogP contribution in [0, 0.1) is 0 Å². The Morgan fingerprint density at radius 1 is 1.26 bits per heavy atom. The van der Waals surface area contributed by atoms with Crippen LogP contribution < -0.4 is 10.2 Å². The number of rotatable bonds is 6. The average Bonchev–Trinajstić information content (AvgIpc) is 2.48. The third-order valence-corrected chi connectivity index (χ3v) is 4.06. The van der Waals surface area contributed by atoms with Gasteiger partial charge in [0.15, 0.2) is 0 Å². The van der Waals surface area contributed by atoms with E-state index in [2.05, 4.69) is 47.5 Å². The molecule has 1 aliphatic rings. The number of aliphatic hydroxyl groups is 1. The smallest absolute Gasteiger partial charge is 0.0445 e. The van der Waals surface area contributed by atoms with Crippen molar-refractivity contribution in [2.45, 2.75) is 44.7 Å². The molecule has 1 atom stereocenters. The molecule has 3 heteroatoms. The van der Waals surface area contributed by atoms with E-state index in [4.69, 9.17) is 5.11 Å². The lowest BCUT2D eigenvalue weighted by Gasteiger charge is -2.35. The molecule has 3 nitrogen and oxygen atoms in total. The van der Waals surface area contributed by atoms with E-state index in [9.17, 15) is 0 Å². The maximum Gasteiger partial charge on any atom is 0.0445 e. The van der Waals surface area contributed by atoms with E-state index in [1.807, 2.05) is 0 Å². The second-order valence-electron chi connectivity index (χ2n) is 5.38. The first-order chi connectivity index (χ1) is 9.33. The molecule has 0 bridgehead atoms. The van der Waals surface area contributed by atoms with Gasteiger partial charge >= 0.3 is 0 Å². The summed E-state index contributed by atoms with van der Waals surface area (Å²) in [4.78, 5) is 2.46. The average molecular weight is 262 g/mol. The topological polar surface area (TPSA) is 35.5 Å². The van der Waals surface area contributed by atoms with Gasteiger partial charge in [0.1, 0.15) is 0 Å². The third-order valence-electron chi connectivity index (χ3n) is 4.06. The van der Waals surface area contributed by atoms with E-state index in [-0.39, 0.29) is 6.61 Å². The van der Waals surface area contributed by atoms with Crippen molar-refractivity contribution in [3.63, 3.8) is 0 Å². The molecule has 1 fully saturated rings. The molecule has 0 spiro atoms. The first kappa shape index (κ1) is 14.4. The Balaban J connectivity index is 1.79. The van der Waals surface area contributed by atoms with E-state index in [0.29, 0.717) is 12.1 Å². The van der Waals surface area contributed by atoms with Gasteiger partial charge in [0, 0.05) is 37.5 Å². The molecule has 2 rings (SSSR count). The molecule has 2 N–H and O–H groups in total. The first-order valence-corrected chi connectivity index (χ1v) is 7.50. The lowest BCUT2D eigenvalue weighted by atomic mass is 10.0. The Labute approximate surface area is 116 Å². The molecule has 1 unspecified atom stereocenters. The monoisotopic (exact) mass is 262 g/mol. The number of anilines is 1. The van der Waals surface area contributed by atoms with Gasteiger partial charge in [0.05, 0.1) is 0 Å². The van der Waals surface area contributed by atoms with Gasteiger partial charge in [-0.2, -0.15) is 0 Å². The quantitative estimate of drug-likeness (QED) is 0.826. The minimum absolute atomic E-state index is 0.286. The van der Waals surface area contributed by atoms with E-state index < -0.39 is 0 Å². The van der Waals surface area contributed by atoms with Crippen LogP contribution in [0.1, 0.15) is 32.6 Å². The van der Waals surface area contributed by atoms with Crippen LogP contribution in [0.3, 0.4) is 0 Å². The summed E-state index contributed by atoms with van der Waals surface area (Å²) in [6.45, 7) is 4.72. The van der Waals surface area contributed by atoms with Crippen molar-refractivity contribution in [2.24, 2.45) is 0 Å². The standard InChI is InChI=1S/C16H26N2O/c1-2-14(10-13-19)17-15-8-11-18(12-9-15)16-6-4-3-5-7-16/h3-7,14-15,17,19H,2,8-13H2,1H3. The number of aliphatic hydroxyl groups excluding tert-OH is 1. The van der Waals surface area contributed by atoms with Crippen LogP contribution in [0.15, 0.2) is 30.3 Å². The van der Waals surface area contributed by atoms with Gasteiger partial charge in [-0.15, -0.1) is 0 Å². The Kier molecular flexibility index (Phi) is 5.67. The van der Waals surface area contributed by atoms with Crippen molar-refractivity contribution in [1.82, 2.24) is 5.32 Å². The normalized spacial score (nSPS) is 18.5. The zero-order chi connectivity index (χ0) is 13.5. The van der Waals surface area contributed by atoms with Gasteiger partial charge in [-0.25, -0.2) is 0 Å². The lowest BCUT2D eigenvalue weighted by molar-refractivity contribution is 0.249. The molecule has 1 aromatic carbocycles. The molecular weight excluding hydrogens is 236 g/mol. The van der Waals surface area contributed by atoms with E-state index >= 15 is 0 Å². The summed E-state index contributed by atoms with van der Waals surface area (Å²) in [6, 6.07) is 11.7. The van der Waals surface area contributed by atoms with Gasteiger partial charge in [-0.3, -0.25) is 0 Å². The van der Waals surface area contributed by atoms with Crippen LogP contribution in [0.25, 0.3) is 0 Å². The number of nitrogens with one attached hydrogen (secondary N) is 1. The van der Waals surface area contributed by atoms with Crippen molar-refractivity contribution >= 4 is 5.69 Å². The van der Waals surface area contributed by atoms with Crippen LogP contribution in [0.4, 0.5) is 5.69 Å². The second kappa shape index (κ2) is 7.51. The van der Waals surface area contributed by atoms with Crippen LogP contribution in [-0.4, -0.2) is 36.9 Å². The van der Waals surface area contributed by atoms with Crippen LogP contribution >= 0.6 is 0 Å². The molecule has 19 heavy (non-hydrogen) atoms. The number of hydrogen-bond donors (Lipinski definition) is 2. The highest BCUT2D eigenvalue weighted by molar-refractivity contribution is 5.46. The van der Waals surface area contributed by atoms with Crippen molar-refractivity contribution < 1.29 is 5.11 Å². The fourth-order valence-corrected chi connectivity index (χ4v) is 2.84. The molecule has 106 valence electrons. The number of nitrogens with zero attached hydrogens (tertiary/aromatic N) is 1. The number of piperidine rings is 1. The maximum atomic E-state index is 9.04. The summed E-state index contributed by atoms with van der Waals surface area (Å²) in [7, 11) is 0. The molecule has 0 amide bonds. The van der Waals surface area contributed by atoms with Gasteiger partial charge < -0.3 is 15.3 Å². The number of benzene rings is 1. The molecule has 1 saturated heterocycles. The highest BCUT2D eigenvalue weighted by Crippen LogP contribution is 2.20. The molecule has 0 aromatic heterocycles. The Hall–Kier alpha value is -1.06. The highest BCUT2D eigenvalue weighted by Gasteiger charge is 2.20. The SMILES string of the molecule is CCC(CCO)NC1CCN(c2ccccc2)CC1. The van der Waals surface area contributed by atoms with Crippen LogP contribution in [0.2, 0.25) is 0 Å². The van der Waals surface area contributed by atoms with Gasteiger partial charge in [-0.05, 0) is 37.8 Å². The summed E-state index contributed by atoms with van der Waals surface area (Å²) in [5.41, 5.74) is 1.34. The van der Waals surface area contributed by atoms with Gasteiger partial charge in [0.2, 0.25) is 0 Å². The van der Waals surface area contributed by atoms with Gasteiger partial charge in [0.25, 0.3) is 0 Å². The van der Waals surface area contributed by atoms with E-state index in [0.717, 1.165) is 25.9 Å². The lowest BCUT2D eigenvalue weighted by Crippen LogP contribution is -2.46. The largest absolute Gasteiger partial charge is 0.396 e. The maximum absolute atomic E-state index is 9.04. The fraction of sp³-hybridized carbons (Fsp3) is 0.625. The summed E-state index contributed by atoms with van der Waals surface area (Å²) in [5, 5.41) is 12.7. The fourth-order valence-electron chi connectivity index (χ4n) is 2.84. The van der Waals surface area contributed by atoms with Crippen molar-refractivity contribution in [2.75, 3.05) is 24.6 Å². The number of para-hydroxylation sites is 1. The van der Waals surface area contributed by atoms with Gasteiger partial charge in [-0.1, -0.05) is 25.1 Å². The van der Waals surface area contributed by atoms with E-state index in [1.165, 1.54) is 18.5 Å². The zero-order valence-electron chi connectivity index (χ0n) is 11.9. The number of hydrogen-bond acceptors (Lipinski definition) is 3. The summed E-state index contributed by atoms with van der Waals surface area (Å²) >= 11 is 0. The molecular formula is C16H26N2O. The molecule has 1 aliphatic heterocycles. The van der Waals surface area contributed by atoms with E-state index in [1.54, 1.807) is 0 Å². The Bertz CT molecular complexity index is 347. The van der Waals surface area contributed by atoms with Crippen LogP contribution in [0.5, 0.6) is 0 Å². The summed E-state index contributed by atoms with van der Waals surface area (Å²) < 4.78 is 0. The first-order valence-electron chi connectivity index (χ1n) is 7.50. The predicted octanol–water partition coefficient (Wildman–Crippen LogP) is 2.41. The minimum Gasteiger partial charge on any atom is -0.396 e. The summed E-state index contributed by atoms with van der Waals surface area (Å²) in [5.74, 6) is 0. The summed E-state index contributed by atoms with van der Waals surface area (Å²) in [6.07, 6.45) is 4.35. The minimum atomic E-state index is 0.286. The second-order valence-corrected chi connectivity index (χ2v) is 5.38. The zero-order valence-corrected chi connectivity index (χ0v) is 11.9. The Morgan fingerprint density at radius 3 is 2.53 bits per heavy atom. The van der Waals surface area contributed by atoms with Crippen molar-refractivity contribution in [3.05, 3.63) is 30.3 Å². The molecule has 0 aliphatic carbocycles. The highest BCUT2D eigenvalue weighted by atomic mass is 16.3. The van der Waals surface area contributed by atoms with Crippen molar-refractivity contribution in [3.8, 4) is 0 Å². The predicted molar refractivity (Wildman–Crippen MR) is 80.6 cm³/mol.